The molecule has 0 aliphatic heterocycles. The van der Waals surface area contributed by atoms with Crippen molar-refractivity contribution in [2.75, 3.05) is 31.8 Å². The maximum atomic E-state index is 11.2. The number of rotatable bonds is 12. The van der Waals surface area contributed by atoms with Crippen LogP contribution in [0.25, 0.3) is 0 Å². The van der Waals surface area contributed by atoms with E-state index in [4.69, 9.17) is 4.74 Å². The molecule has 126 valence electrons. The molecule has 0 rings (SSSR count). The Balaban J connectivity index is 0. The highest BCUT2D eigenvalue weighted by molar-refractivity contribution is 7.76. The van der Waals surface area contributed by atoms with Crippen molar-refractivity contribution in [1.82, 2.24) is 0 Å². The van der Waals surface area contributed by atoms with Crippen LogP contribution in [-0.2, 0) is 9.53 Å². The highest BCUT2D eigenvalue weighted by Crippen LogP contribution is 2.60. The second-order valence-electron chi connectivity index (χ2n) is 5.68. The zero-order valence-corrected chi connectivity index (χ0v) is 16.8. The zero-order chi connectivity index (χ0) is 15.3. The van der Waals surface area contributed by atoms with Crippen LogP contribution in [0.2, 0.25) is 0 Å². The SMILES string of the molecule is CCCC[P+](C/C=C/C(=O)OC)(CCCC)CCCC.[Br-]. The molecular formula is C17H34BrO2P. The molecule has 0 unspecified atom stereocenters. The van der Waals surface area contributed by atoms with Crippen molar-refractivity contribution >= 4 is 13.2 Å². The zero-order valence-electron chi connectivity index (χ0n) is 14.4. The van der Waals surface area contributed by atoms with E-state index in [1.807, 2.05) is 0 Å². The molecular weight excluding hydrogens is 347 g/mol. The Morgan fingerprint density at radius 3 is 1.71 bits per heavy atom. The van der Waals surface area contributed by atoms with Gasteiger partial charge < -0.3 is 21.7 Å². The quantitative estimate of drug-likeness (QED) is 0.294. The molecule has 0 aromatic heterocycles. The highest BCUT2D eigenvalue weighted by Gasteiger charge is 2.33. The smallest absolute Gasteiger partial charge is 0.330 e. The number of ether oxygens (including phenoxy) is 1. The Bertz CT molecular complexity index is 258. The fraction of sp³-hybridized carbons (Fsp3) is 0.824. The summed E-state index contributed by atoms with van der Waals surface area (Å²) in [5, 5.41) is 0. The molecule has 0 aromatic carbocycles. The van der Waals surface area contributed by atoms with Crippen molar-refractivity contribution in [1.29, 1.82) is 0 Å². The first-order valence-corrected chi connectivity index (χ1v) is 10.8. The molecule has 0 aliphatic carbocycles. The molecule has 0 saturated carbocycles. The number of methoxy groups -OCH3 is 1. The number of hydrogen-bond donors (Lipinski definition) is 0. The van der Waals surface area contributed by atoms with E-state index in [1.54, 1.807) is 6.08 Å². The summed E-state index contributed by atoms with van der Waals surface area (Å²) in [6, 6.07) is 0. The van der Waals surface area contributed by atoms with Gasteiger partial charge in [0.1, 0.15) is 0 Å². The number of carbonyl (C=O) groups is 1. The monoisotopic (exact) mass is 380 g/mol. The predicted octanol–water partition coefficient (Wildman–Crippen LogP) is 2.14. The van der Waals surface area contributed by atoms with Gasteiger partial charge in [0.2, 0.25) is 0 Å². The van der Waals surface area contributed by atoms with Crippen molar-refractivity contribution in [3.63, 3.8) is 0 Å². The van der Waals surface area contributed by atoms with Crippen LogP contribution in [0.15, 0.2) is 12.2 Å². The van der Waals surface area contributed by atoms with Gasteiger partial charge in [-0.15, -0.1) is 0 Å². The van der Waals surface area contributed by atoms with Crippen molar-refractivity contribution < 1.29 is 26.5 Å². The summed E-state index contributed by atoms with van der Waals surface area (Å²) in [7, 11) is 0.538. The number of halogens is 1. The van der Waals surface area contributed by atoms with Crippen LogP contribution in [0.1, 0.15) is 59.3 Å². The van der Waals surface area contributed by atoms with Crippen LogP contribution in [0.5, 0.6) is 0 Å². The van der Waals surface area contributed by atoms with Gasteiger partial charge in [-0.2, -0.15) is 0 Å². The molecule has 0 saturated heterocycles. The Labute approximate surface area is 143 Å². The Kier molecular flexibility index (Phi) is 16.7. The Hall–Kier alpha value is 0.120. The lowest BCUT2D eigenvalue weighted by Gasteiger charge is -2.26. The largest absolute Gasteiger partial charge is 1.00 e. The minimum Gasteiger partial charge on any atom is -1.00 e. The summed E-state index contributed by atoms with van der Waals surface area (Å²) in [4.78, 5) is 11.2. The molecule has 0 atom stereocenters. The van der Waals surface area contributed by atoms with Gasteiger partial charge in [0, 0.05) is 13.3 Å². The first kappa shape index (κ1) is 23.4. The van der Waals surface area contributed by atoms with E-state index in [0.717, 1.165) is 6.16 Å². The van der Waals surface area contributed by atoms with Gasteiger partial charge in [-0.3, -0.25) is 0 Å². The summed E-state index contributed by atoms with van der Waals surface area (Å²) in [6.45, 7) is 6.83. The molecule has 0 aliphatic rings. The van der Waals surface area contributed by atoms with Crippen molar-refractivity contribution in [3.8, 4) is 0 Å². The van der Waals surface area contributed by atoms with Gasteiger partial charge in [0.05, 0.1) is 31.8 Å². The van der Waals surface area contributed by atoms with Crippen molar-refractivity contribution in [2.24, 2.45) is 0 Å². The van der Waals surface area contributed by atoms with Crippen LogP contribution in [-0.4, -0.2) is 37.7 Å². The molecule has 0 heterocycles. The summed E-state index contributed by atoms with van der Waals surface area (Å²) < 4.78 is 4.69. The minimum absolute atomic E-state index is 0. The van der Waals surface area contributed by atoms with E-state index >= 15 is 0 Å². The van der Waals surface area contributed by atoms with Gasteiger partial charge in [-0.1, -0.05) is 40.0 Å². The maximum Gasteiger partial charge on any atom is 0.330 e. The topological polar surface area (TPSA) is 26.3 Å². The Morgan fingerprint density at radius 1 is 0.952 bits per heavy atom. The lowest BCUT2D eigenvalue weighted by atomic mass is 10.4. The molecule has 0 radical (unpaired) electrons. The van der Waals surface area contributed by atoms with E-state index in [0.29, 0.717) is 0 Å². The van der Waals surface area contributed by atoms with Gasteiger partial charge in [-0.05, 0) is 25.3 Å². The lowest BCUT2D eigenvalue weighted by Crippen LogP contribution is -3.00. The Morgan fingerprint density at radius 2 is 1.38 bits per heavy atom. The number of hydrogen-bond acceptors (Lipinski definition) is 2. The molecule has 2 nitrogen and oxygen atoms in total. The van der Waals surface area contributed by atoms with Crippen LogP contribution in [0.3, 0.4) is 0 Å². The normalized spacial score (nSPS) is 11.4. The first-order chi connectivity index (χ1) is 9.64. The van der Waals surface area contributed by atoms with E-state index in [1.165, 1.54) is 64.1 Å². The van der Waals surface area contributed by atoms with Gasteiger partial charge in [-0.25, -0.2) is 4.79 Å². The summed E-state index contributed by atoms with van der Waals surface area (Å²) in [5.41, 5.74) is 0. The fourth-order valence-electron chi connectivity index (χ4n) is 2.53. The predicted molar refractivity (Wildman–Crippen MR) is 92.3 cm³/mol. The lowest BCUT2D eigenvalue weighted by molar-refractivity contribution is -0.134. The van der Waals surface area contributed by atoms with Gasteiger partial charge >= 0.3 is 5.97 Å². The fourth-order valence-corrected chi connectivity index (χ4v) is 7.26. The maximum absolute atomic E-state index is 11.2. The van der Waals surface area contributed by atoms with Gasteiger partial charge in [0.25, 0.3) is 0 Å². The van der Waals surface area contributed by atoms with Gasteiger partial charge in [0.15, 0.2) is 0 Å². The van der Waals surface area contributed by atoms with E-state index in [-0.39, 0.29) is 23.0 Å². The van der Waals surface area contributed by atoms with Crippen LogP contribution in [0, 0.1) is 0 Å². The highest BCUT2D eigenvalue weighted by atomic mass is 79.9. The standard InChI is InChI=1S/C17H34O2P.BrH/c1-5-8-13-20(14-9-6-2,15-10-7-3)16-11-12-17(18)19-4;/h11-12H,5-10,13-16H2,1-4H3;1H/q+1;/p-1/b12-11+;. The molecule has 0 bridgehead atoms. The third-order valence-corrected chi connectivity index (χ3v) is 8.69. The number of allylic oxidation sites excluding steroid dienone is 1. The second-order valence-corrected chi connectivity index (χ2v) is 10.1. The molecule has 4 heteroatoms. The van der Waals surface area contributed by atoms with E-state index in [9.17, 15) is 4.79 Å². The summed E-state index contributed by atoms with van der Waals surface area (Å²) in [5.74, 6) is -0.218. The molecule has 0 spiro atoms. The number of carbonyl (C=O) groups excluding carboxylic acids is 1. The average molecular weight is 381 g/mol. The molecule has 0 aromatic rings. The van der Waals surface area contributed by atoms with E-state index < -0.39 is 7.26 Å². The molecule has 21 heavy (non-hydrogen) atoms. The summed E-state index contributed by atoms with van der Waals surface area (Å²) >= 11 is 0. The van der Waals surface area contributed by atoms with Crippen LogP contribution in [0.4, 0.5) is 0 Å². The number of esters is 1. The molecule has 0 amide bonds. The summed E-state index contributed by atoms with van der Waals surface area (Å²) in [6.07, 6.45) is 16.9. The first-order valence-electron chi connectivity index (χ1n) is 8.23. The molecule has 0 N–H and O–H groups in total. The molecule has 0 fully saturated rings. The van der Waals surface area contributed by atoms with Crippen LogP contribution >= 0.6 is 7.26 Å². The average Bonchev–Trinajstić information content (AvgIpc) is 2.48. The van der Waals surface area contributed by atoms with E-state index in [2.05, 4.69) is 26.8 Å². The third-order valence-electron chi connectivity index (χ3n) is 3.91. The third kappa shape index (κ3) is 11.4. The van der Waals surface area contributed by atoms with Crippen molar-refractivity contribution in [3.05, 3.63) is 12.2 Å². The van der Waals surface area contributed by atoms with Crippen molar-refractivity contribution in [2.45, 2.75) is 59.3 Å². The van der Waals surface area contributed by atoms with Crippen LogP contribution < -0.4 is 17.0 Å². The second kappa shape index (κ2) is 15.0. The minimum atomic E-state index is -0.907. The number of unbranched alkanes of at least 4 members (excludes halogenated alkanes) is 3.